The number of hydrogen-bond acceptors (Lipinski definition) is 4. The van der Waals surface area contributed by atoms with Gasteiger partial charge in [-0.05, 0) is 12.8 Å². The molecule has 1 aliphatic heterocycles. The quantitative estimate of drug-likeness (QED) is 0.877. The highest BCUT2D eigenvalue weighted by Crippen LogP contribution is 2.25. The summed E-state index contributed by atoms with van der Waals surface area (Å²) in [6, 6.07) is 1.63. The summed E-state index contributed by atoms with van der Waals surface area (Å²) >= 11 is 0. The third kappa shape index (κ3) is 3.23. The topological polar surface area (TPSA) is 76.2 Å². The molecule has 7 heteroatoms. The van der Waals surface area contributed by atoms with Gasteiger partial charge in [-0.25, -0.2) is 4.79 Å². The summed E-state index contributed by atoms with van der Waals surface area (Å²) in [6.45, 7) is 7.40. The van der Waals surface area contributed by atoms with Crippen LogP contribution in [0.15, 0.2) is 16.8 Å². The molecule has 3 heterocycles. The Morgan fingerprint density at radius 3 is 2.87 bits per heavy atom. The van der Waals surface area contributed by atoms with E-state index in [9.17, 15) is 4.79 Å². The van der Waals surface area contributed by atoms with Crippen LogP contribution in [0.4, 0.5) is 10.6 Å². The predicted molar refractivity (Wildman–Crippen MR) is 86.2 cm³/mol. The second kappa shape index (κ2) is 5.72. The molecule has 0 aromatic carbocycles. The third-order valence-electron chi connectivity index (χ3n) is 4.12. The Balaban J connectivity index is 1.70. The Hall–Kier alpha value is -2.31. The van der Waals surface area contributed by atoms with Crippen molar-refractivity contribution in [2.45, 2.75) is 45.6 Å². The lowest BCUT2D eigenvalue weighted by molar-refractivity contribution is 0.209. The van der Waals surface area contributed by atoms with Crippen LogP contribution in [-0.4, -0.2) is 32.4 Å². The Kier molecular flexibility index (Phi) is 3.87. The van der Waals surface area contributed by atoms with Gasteiger partial charge in [-0.3, -0.25) is 10.00 Å². The van der Waals surface area contributed by atoms with E-state index >= 15 is 0 Å². The number of rotatable bonds is 1. The summed E-state index contributed by atoms with van der Waals surface area (Å²) in [5.74, 6) is 1.20. The number of nitrogens with zero attached hydrogens (tertiary/aromatic N) is 4. The monoisotopic (exact) mass is 317 g/mol. The molecule has 0 fully saturated rings. The van der Waals surface area contributed by atoms with Crippen LogP contribution < -0.4 is 5.32 Å². The molecule has 0 aliphatic carbocycles. The molecular weight excluding hydrogens is 294 g/mol. The summed E-state index contributed by atoms with van der Waals surface area (Å²) in [7, 11) is 1.94. The fourth-order valence-electron chi connectivity index (χ4n) is 2.73. The fourth-order valence-corrected chi connectivity index (χ4v) is 2.73. The third-order valence-corrected chi connectivity index (χ3v) is 4.12. The molecule has 2 aromatic rings. The van der Waals surface area contributed by atoms with Gasteiger partial charge in [0.25, 0.3) is 0 Å². The van der Waals surface area contributed by atoms with Crippen molar-refractivity contribution in [1.29, 1.82) is 0 Å². The van der Waals surface area contributed by atoms with Crippen molar-refractivity contribution >= 4 is 11.8 Å². The highest BCUT2D eigenvalue weighted by Gasteiger charge is 2.24. The highest BCUT2D eigenvalue weighted by molar-refractivity contribution is 5.88. The number of nitrogens with one attached hydrogen (secondary N) is 1. The van der Waals surface area contributed by atoms with Crippen molar-refractivity contribution in [2.75, 3.05) is 11.9 Å². The Morgan fingerprint density at radius 2 is 2.17 bits per heavy atom. The van der Waals surface area contributed by atoms with E-state index in [1.54, 1.807) is 11.0 Å². The molecule has 124 valence electrons. The average molecular weight is 317 g/mol. The van der Waals surface area contributed by atoms with Crippen molar-refractivity contribution in [3.63, 3.8) is 0 Å². The maximum atomic E-state index is 12.5. The number of anilines is 1. The second-order valence-electron chi connectivity index (χ2n) is 7.02. The largest absolute Gasteiger partial charge is 0.359 e. The van der Waals surface area contributed by atoms with E-state index in [2.05, 4.69) is 15.6 Å². The molecule has 0 unspecified atom stereocenters. The molecule has 0 radical (unpaired) electrons. The van der Waals surface area contributed by atoms with Crippen LogP contribution in [0.1, 0.15) is 44.2 Å². The zero-order chi connectivity index (χ0) is 16.6. The van der Waals surface area contributed by atoms with Crippen molar-refractivity contribution < 1.29 is 9.32 Å². The van der Waals surface area contributed by atoms with E-state index in [1.807, 2.05) is 38.7 Å². The SMILES string of the molecule is Cn1ncc2c1CCCN(C(=O)Nc1cc(C(C)(C)C)on1)C2. The first-order valence-electron chi connectivity index (χ1n) is 7.87. The smallest absolute Gasteiger partial charge is 0.323 e. The maximum absolute atomic E-state index is 12.5. The van der Waals surface area contributed by atoms with E-state index in [0.717, 1.165) is 24.2 Å². The van der Waals surface area contributed by atoms with Crippen molar-refractivity contribution in [2.24, 2.45) is 7.05 Å². The van der Waals surface area contributed by atoms with Crippen LogP contribution in [0, 0.1) is 0 Å². The summed E-state index contributed by atoms with van der Waals surface area (Å²) in [5.41, 5.74) is 2.18. The van der Waals surface area contributed by atoms with Crippen molar-refractivity contribution in [3.05, 3.63) is 29.3 Å². The number of carbonyl (C=O) groups is 1. The van der Waals surface area contributed by atoms with Gasteiger partial charge in [0.1, 0.15) is 5.76 Å². The predicted octanol–water partition coefficient (Wildman–Crippen LogP) is 2.69. The van der Waals surface area contributed by atoms with Gasteiger partial charge in [-0.1, -0.05) is 25.9 Å². The van der Waals surface area contributed by atoms with E-state index in [-0.39, 0.29) is 11.4 Å². The lowest BCUT2D eigenvalue weighted by Crippen LogP contribution is -2.34. The first-order valence-corrected chi connectivity index (χ1v) is 7.87. The molecule has 0 spiro atoms. The minimum Gasteiger partial charge on any atom is -0.359 e. The van der Waals surface area contributed by atoms with Gasteiger partial charge in [-0.15, -0.1) is 0 Å². The average Bonchev–Trinajstić information content (AvgIpc) is 3.00. The second-order valence-corrected chi connectivity index (χ2v) is 7.02. The molecule has 1 N–H and O–H groups in total. The van der Waals surface area contributed by atoms with Gasteiger partial charge < -0.3 is 9.42 Å². The maximum Gasteiger partial charge on any atom is 0.323 e. The number of hydrogen-bond donors (Lipinski definition) is 1. The van der Waals surface area contributed by atoms with E-state index in [4.69, 9.17) is 4.52 Å². The first-order chi connectivity index (χ1) is 10.8. The minimum absolute atomic E-state index is 0.136. The molecular formula is C16H23N5O2. The van der Waals surface area contributed by atoms with Crippen LogP contribution in [0.25, 0.3) is 0 Å². The zero-order valence-electron chi connectivity index (χ0n) is 14.1. The lowest BCUT2D eigenvalue weighted by Gasteiger charge is -2.19. The normalized spacial score (nSPS) is 15.2. The molecule has 0 bridgehead atoms. The van der Waals surface area contributed by atoms with Crippen LogP contribution in [-0.2, 0) is 25.4 Å². The van der Waals surface area contributed by atoms with E-state index < -0.39 is 0 Å². The number of fused-ring (bicyclic) bond motifs is 1. The summed E-state index contributed by atoms with van der Waals surface area (Å²) in [4.78, 5) is 14.3. The van der Waals surface area contributed by atoms with Gasteiger partial charge in [0, 0.05) is 36.3 Å². The van der Waals surface area contributed by atoms with Crippen molar-refractivity contribution in [1.82, 2.24) is 19.8 Å². The Morgan fingerprint density at radius 1 is 1.39 bits per heavy atom. The number of aryl methyl sites for hydroxylation is 1. The molecule has 0 atom stereocenters. The number of carbonyl (C=O) groups excluding carboxylic acids is 1. The summed E-state index contributed by atoms with van der Waals surface area (Å²) in [5, 5.41) is 11.0. The van der Waals surface area contributed by atoms with Gasteiger partial charge in [-0.2, -0.15) is 5.10 Å². The number of urea groups is 1. The first kappa shape index (κ1) is 15.6. The zero-order valence-corrected chi connectivity index (χ0v) is 14.1. The van der Waals surface area contributed by atoms with Gasteiger partial charge in [0.2, 0.25) is 0 Å². The summed E-state index contributed by atoms with van der Waals surface area (Å²) in [6.07, 6.45) is 3.70. The molecule has 1 aliphatic rings. The van der Waals surface area contributed by atoms with Crippen molar-refractivity contribution in [3.8, 4) is 0 Å². The molecule has 3 rings (SSSR count). The standard InChI is InChI=1S/C16H23N5O2/c1-16(2,3)13-8-14(19-23-13)18-15(22)21-7-5-6-12-11(10-21)9-17-20(12)4/h8-9H,5-7,10H2,1-4H3,(H,18,19,22). The lowest BCUT2D eigenvalue weighted by atomic mass is 9.93. The van der Waals surface area contributed by atoms with Gasteiger partial charge in [0.05, 0.1) is 12.7 Å². The van der Waals surface area contributed by atoms with Crippen LogP contribution in [0.2, 0.25) is 0 Å². The number of amides is 2. The Bertz CT molecular complexity index is 710. The van der Waals surface area contributed by atoms with Gasteiger partial charge >= 0.3 is 6.03 Å². The molecule has 2 aromatic heterocycles. The van der Waals surface area contributed by atoms with Crippen LogP contribution in [0.5, 0.6) is 0 Å². The number of aromatic nitrogens is 3. The molecule has 2 amide bonds. The van der Waals surface area contributed by atoms with E-state index in [0.29, 0.717) is 18.9 Å². The molecule has 7 nitrogen and oxygen atoms in total. The van der Waals surface area contributed by atoms with E-state index in [1.165, 1.54) is 5.69 Å². The molecule has 23 heavy (non-hydrogen) atoms. The highest BCUT2D eigenvalue weighted by atomic mass is 16.5. The Labute approximate surface area is 135 Å². The van der Waals surface area contributed by atoms with Crippen LogP contribution in [0.3, 0.4) is 0 Å². The van der Waals surface area contributed by atoms with Gasteiger partial charge in [0.15, 0.2) is 5.82 Å². The fraction of sp³-hybridized carbons (Fsp3) is 0.562. The molecule has 0 saturated carbocycles. The van der Waals surface area contributed by atoms with Crippen LogP contribution >= 0.6 is 0 Å². The summed E-state index contributed by atoms with van der Waals surface area (Å²) < 4.78 is 7.20. The minimum atomic E-state index is -0.157. The molecule has 0 saturated heterocycles.